The summed E-state index contributed by atoms with van der Waals surface area (Å²) in [5.41, 5.74) is 5.75. The molecule has 1 heteroatoms. The van der Waals surface area contributed by atoms with Crippen LogP contribution in [0.5, 0.6) is 0 Å². The number of hydrogen-bond acceptors (Lipinski definition) is 1. The molecule has 0 aliphatic heterocycles. The van der Waals surface area contributed by atoms with E-state index in [2.05, 4.69) is 48.6 Å². The molecule has 0 radical (unpaired) electrons. The molecule has 1 nitrogen and oxygen atoms in total. The van der Waals surface area contributed by atoms with Crippen molar-refractivity contribution < 1.29 is 0 Å². The first-order chi connectivity index (χ1) is 12.3. The summed E-state index contributed by atoms with van der Waals surface area (Å²) >= 11 is 0. The van der Waals surface area contributed by atoms with Gasteiger partial charge in [0.05, 0.1) is 0 Å². The van der Waals surface area contributed by atoms with Crippen LogP contribution in [-0.4, -0.2) is 24.5 Å². The Bertz CT molecular complexity index is 358. The van der Waals surface area contributed by atoms with Gasteiger partial charge in [-0.1, -0.05) is 71.4 Å². The van der Waals surface area contributed by atoms with Gasteiger partial charge in [0.1, 0.15) is 0 Å². The highest BCUT2D eigenvalue weighted by Gasteiger charge is 2.04. The molecule has 0 aromatic rings. The Morgan fingerprint density at radius 1 is 0.600 bits per heavy atom. The lowest BCUT2D eigenvalue weighted by molar-refractivity contribution is 0.258. The van der Waals surface area contributed by atoms with Crippen molar-refractivity contribution in [2.45, 2.75) is 96.8 Å². The highest BCUT2D eigenvalue weighted by molar-refractivity contribution is 4.76. The molecule has 0 rings (SSSR count). The van der Waals surface area contributed by atoms with Crippen molar-refractivity contribution in [2.75, 3.05) is 19.6 Å². The maximum Gasteiger partial charge on any atom is -0.00156 e. The van der Waals surface area contributed by atoms with E-state index in [1.807, 2.05) is 0 Å². The summed E-state index contributed by atoms with van der Waals surface area (Å²) in [5, 5.41) is 0. The minimum atomic E-state index is 1.12. The molecule has 0 saturated heterocycles. The van der Waals surface area contributed by atoms with Crippen LogP contribution in [0.2, 0.25) is 0 Å². The maximum absolute atomic E-state index is 3.66. The lowest BCUT2D eigenvalue weighted by atomic mass is 10.1. The van der Waals surface area contributed by atoms with Gasteiger partial charge in [-0.25, -0.2) is 0 Å². The predicted octanol–water partition coefficient (Wildman–Crippen LogP) is 7.45. The molecule has 0 spiro atoms. The molecule has 0 amide bonds. The number of rotatable bonds is 19. The fourth-order valence-corrected chi connectivity index (χ4v) is 3.18. The van der Waals surface area contributed by atoms with Crippen molar-refractivity contribution in [3.8, 4) is 0 Å². The van der Waals surface area contributed by atoms with Crippen LogP contribution in [0.15, 0.2) is 36.8 Å². The lowest BCUT2D eigenvalue weighted by Gasteiger charge is -2.22. The molecule has 25 heavy (non-hydrogen) atoms. The van der Waals surface area contributed by atoms with Gasteiger partial charge in [-0.3, -0.25) is 0 Å². The van der Waals surface area contributed by atoms with Gasteiger partial charge in [0.15, 0.2) is 0 Å². The van der Waals surface area contributed by atoms with Gasteiger partial charge < -0.3 is 4.90 Å². The van der Waals surface area contributed by atoms with Crippen LogP contribution in [0.3, 0.4) is 0 Å². The van der Waals surface area contributed by atoms with Crippen molar-refractivity contribution in [3.05, 3.63) is 36.8 Å². The second kappa shape index (κ2) is 21.0. The fourth-order valence-electron chi connectivity index (χ4n) is 3.18. The zero-order valence-corrected chi connectivity index (χ0v) is 17.0. The Labute approximate surface area is 158 Å². The van der Waals surface area contributed by atoms with E-state index in [1.54, 1.807) is 0 Å². The average molecular weight is 346 g/mol. The highest BCUT2D eigenvalue weighted by Crippen LogP contribution is 2.10. The van der Waals surface area contributed by atoms with Gasteiger partial charge in [-0.05, 0) is 70.3 Å². The zero-order chi connectivity index (χ0) is 18.4. The van der Waals surface area contributed by atoms with Crippen LogP contribution in [0.1, 0.15) is 96.8 Å². The first-order valence-electron chi connectivity index (χ1n) is 10.8. The second-order valence-electron chi connectivity index (χ2n) is 7.12. The van der Waals surface area contributed by atoms with E-state index < -0.39 is 0 Å². The van der Waals surface area contributed by atoms with Gasteiger partial charge in [0, 0.05) is 0 Å². The largest absolute Gasteiger partial charge is 0.303 e. The number of allylic oxidation sites excluding steroid dienone is 2. The maximum atomic E-state index is 3.66. The van der Waals surface area contributed by atoms with Gasteiger partial charge >= 0.3 is 0 Å². The monoisotopic (exact) mass is 345 g/mol. The Balaban J connectivity index is 3.79. The normalized spacial score (nSPS) is 10.5. The Morgan fingerprint density at radius 3 is 1.60 bits per heavy atom. The predicted molar refractivity (Wildman–Crippen MR) is 114 cm³/mol. The third kappa shape index (κ3) is 19.2. The van der Waals surface area contributed by atoms with Gasteiger partial charge in [0.2, 0.25) is 0 Å². The van der Waals surface area contributed by atoms with E-state index >= 15 is 0 Å². The van der Waals surface area contributed by atoms with E-state index in [4.69, 9.17) is 0 Å². The summed E-state index contributed by atoms with van der Waals surface area (Å²) in [6.45, 7) is 13.4. The Morgan fingerprint density at radius 2 is 1.04 bits per heavy atom. The zero-order valence-electron chi connectivity index (χ0n) is 17.0. The van der Waals surface area contributed by atoms with Gasteiger partial charge in [0.25, 0.3) is 0 Å². The SMILES string of the molecule is C=C=CCCCCCCCN(CCCC=C=C)CCCCCCCC. The topological polar surface area (TPSA) is 3.24 Å². The Kier molecular flexibility index (Phi) is 20.2. The van der Waals surface area contributed by atoms with E-state index in [1.165, 1.54) is 96.7 Å². The Hall–Kier alpha value is -1.00. The molecule has 0 atom stereocenters. The molecule has 0 unspecified atom stereocenters. The fraction of sp³-hybridized carbons (Fsp3) is 0.750. The van der Waals surface area contributed by atoms with Crippen LogP contribution in [0.4, 0.5) is 0 Å². The first kappa shape index (κ1) is 24.0. The molecule has 0 bridgehead atoms. The minimum absolute atomic E-state index is 1.12. The molecular formula is C24H43N. The molecule has 0 heterocycles. The van der Waals surface area contributed by atoms with E-state index in [0.717, 1.165) is 12.8 Å². The van der Waals surface area contributed by atoms with Crippen LogP contribution >= 0.6 is 0 Å². The smallest absolute Gasteiger partial charge is 0.00156 e. The summed E-state index contributed by atoms with van der Waals surface area (Å²) in [6, 6.07) is 0. The number of hydrogen-bond donors (Lipinski definition) is 0. The number of nitrogens with zero attached hydrogens (tertiary/aromatic N) is 1. The van der Waals surface area contributed by atoms with Crippen molar-refractivity contribution in [1.29, 1.82) is 0 Å². The van der Waals surface area contributed by atoms with Crippen LogP contribution < -0.4 is 0 Å². The molecule has 144 valence electrons. The summed E-state index contributed by atoms with van der Waals surface area (Å²) in [7, 11) is 0. The van der Waals surface area contributed by atoms with E-state index in [0.29, 0.717) is 0 Å². The molecule has 0 saturated carbocycles. The number of unbranched alkanes of at least 4 members (excludes halogenated alkanes) is 11. The molecule has 0 fully saturated rings. The summed E-state index contributed by atoms with van der Waals surface area (Å²) in [6.07, 6.45) is 22.7. The van der Waals surface area contributed by atoms with Crippen LogP contribution in [-0.2, 0) is 0 Å². The minimum Gasteiger partial charge on any atom is -0.303 e. The first-order valence-corrected chi connectivity index (χ1v) is 10.8. The molecule has 0 aliphatic rings. The van der Waals surface area contributed by atoms with Crippen molar-refractivity contribution in [2.24, 2.45) is 0 Å². The average Bonchev–Trinajstić information content (AvgIpc) is 2.63. The molecule has 0 N–H and O–H groups in total. The van der Waals surface area contributed by atoms with Crippen LogP contribution in [0, 0.1) is 0 Å². The molecule has 0 aromatic carbocycles. The van der Waals surface area contributed by atoms with E-state index in [9.17, 15) is 0 Å². The standard InChI is InChI=1S/C24H43N/c1-4-7-10-13-15-16-18-21-24-25(22-19-12-9-6-3)23-20-17-14-11-8-5-2/h7,9H,1,3,5,8,10-24H2,2H3. The molecular weight excluding hydrogens is 302 g/mol. The van der Waals surface area contributed by atoms with Crippen molar-refractivity contribution >= 4 is 0 Å². The van der Waals surface area contributed by atoms with Gasteiger partial charge in [-0.2, -0.15) is 0 Å². The van der Waals surface area contributed by atoms with E-state index in [-0.39, 0.29) is 0 Å². The van der Waals surface area contributed by atoms with Gasteiger partial charge in [-0.15, -0.1) is 11.5 Å². The summed E-state index contributed by atoms with van der Waals surface area (Å²) < 4.78 is 0. The third-order valence-corrected chi connectivity index (χ3v) is 4.76. The third-order valence-electron chi connectivity index (χ3n) is 4.76. The molecule has 0 aliphatic carbocycles. The summed E-state index contributed by atoms with van der Waals surface area (Å²) in [5.74, 6) is 0. The highest BCUT2D eigenvalue weighted by atomic mass is 15.1. The van der Waals surface area contributed by atoms with Crippen LogP contribution in [0.25, 0.3) is 0 Å². The summed E-state index contributed by atoms with van der Waals surface area (Å²) in [4.78, 5) is 2.69. The quantitative estimate of drug-likeness (QED) is 0.173. The van der Waals surface area contributed by atoms with Crippen molar-refractivity contribution in [3.63, 3.8) is 0 Å². The van der Waals surface area contributed by atoms with Crippen molar-refractivity contribution in [1.82, 2.24) is 4.90 Å². The molecule has 0 aromatic heterocycles. The lowest BCUT2D eigenvalue weighted by Crippen LogP contribution is -2.27. The second-order valence-corrected chi connectivity index (χ2v) is 7.12.